The number of rotatable bonds is 9. The summed E-state index contributed by atoms with van der Waals surface area (Å²) in [6, 6.07) is 12.4. The number of nitrogens with one attached hydrogen (secondary N) is 3. The predicted molar refractivity (Wildman–Crippen MR) is 177 cm³/mol. The molecule has 1 saturated carbocycles. The van der Waals surface area contributed by atoms with Gasteiger partial charge in [-0.05, 0) is 63.3 Å². The minimum absolute atomic E-state index is 0.0526. The summed E-state index contributed by atoms with van der Waals surface area (Å²) in [4.78, 5) is 32.0. The van der Waals surface area contributed by atoms with E-state index in [-0.39, 0.29) is 11.8 Å². The van der Waals surface area contributed by atoms with E-state index in [1.165, 1.54) is 18.6 Å². The Balaban J connectivity index is 1.19. The quantitative estimate of drug-likeness (QED) is 0.162. The first-order valence-electron chi connectivity index (χ1n) is 15.6. The maximum atomic E-state index is 14.7. The number of fused-ring (bicyclic) bond motifs is 2. The van der Waals surface area contributed by atoms with Crippen LogP contribution in [0.25, 0.3) is 55.7 Å². The maximum Gasteiger partial charge on any atom is 0.227 e. The van der Waals surface area contributed by atoms with Crippen LogP contribution in [0.5, 0.6) is 5.75 Å². The van der Waals surface area contributed by atoms with Gasteiger partial charge in [0.05, 0.1) is 40.7 Å². The predicted octanol–water partition coefficient (Wildman–Crippen LogP) is 6.83. The smallest absolute Gasteiger partial charge is 0.227 e. The standard InChI is InChI=1S/C35H35FN8O2/c1-44(2)10-11-46-26-14-22(12-24(36)15-26)33-27-17-31(41-29(27)8-9-38-33)34-28-16-30(39-20-32(28)42-43-34)23-13-25(19-37-18-23)40-35(45)21-6-4-3-5-7-21/h8-9,12-21,41H,3-7,10-11H2,1-2H3,(H,40,45)(H,42,43). The molecule has 234 valence electrons. The molecule has 0 bridgehead atoms. The van der Waals surface area contributed by atoms with Gasteiger partial charge in [-0.15, -0.1) is 0 Å². The summed E-state index contributed by atoms with van der Waals surface area (Å²) in [5.41, 5.74) is 6.51. The van der Waals surface area contributed by atoms with Crippen molar-refractivity contribution in [1.29, 1.82) is 0 Å². The fourth-order valence-corrected chi connectivity index (χ4v) is 6.08. The van der Waals surface area contributed by atoms with Gasteiger partial charge in [0.2, 0.25) is 5.91 Å². The molecule has 11 heteroatoms. The molecule has 3 N–H and O–H groups in total. The lowest BCUT2D eigenvalue weighted by molar-refractivity contribution is -0.120. The van der Waals surface area contributed by atoms with Crippen LogP contribution in [0.4, 0.5) is 10.1 Å². The molecule has 10 nitrogen and oxygen atoms in total. The van der Waals surface area contributed by atoms with E-state index in [1.807, 2.05) is 49.3 Å². The Morgan fingerprint density at radius 1 is 0.957 bits per heavy atom. The Bertz CT molecular complexity index is 2030. The zero-order valence-corrected chi connectivity index (χ0v) is 25.8. The third-order valence-corrected chi connectivity index (χ3v) is 8.48. The average Bonchev–Trinajstić information content (AvgIpc) is 3.69. The van der Waals surface area contributed by atoms with Gasteiger partial charge in [0.25, 0.3) is 0 Å². The van der Waals surface area contributed by atoms with Crippen LogP contribution in [0.2, 0.25) is 0 Å². The van der Waals surface area contributed by atoms with Gasteiger partial charge in [0, 0.05) is 58.3 Å². The fourth-order valence-electron chi connectivity index (χ4n) is 6.08. The molecule has 0 radical (unpaired) electrons. The van der Waals surface area contributed by atoms with Gasteiger partial charge in [0.1, 0.15) is 23.9 Å². The summed E-state index contributed by atoms with van der Waals surface area (Å²) in [5, 5.41) is 12.4. The lowest BCUT2D eigenvalue weighted by atomic mass is 9.88. The number of hydrogen-bond acceptors (Lipinski definition) is 7. The number of benzene rings is 1. The summed E-state index contributed by atoms with van der Waals surface area (Å²) in [7, 11) is 3.92. The molecule has 0 saturated heterocycles. The fraction of sp³-hybridized carbons (Fsp3) is 0.286. The zero-order chi connectivity index (χ0) is 31.6. The van der Waals surface area contributed by atoms with Crippen LogP contribution in [0.15, 0.2) is 67.3 Å². The van der Waals surface area contributed by atoms with Gasteiger partial charge < -0.3 is 19.9 Å². The van der Waals surface area contributed by atoms with Crippen molar-refractivity contribution in [3.63, 3.8) is 0 Å². The lowest BCUT2D eigenvalue weighted by Crippen LogP contribution is -2.24. The Morgan fingerprint density at radius 2 is 1.80 bits per heavy atom. The normalized spacial score (nSPS) is 13.9. The van der Waals surface area contributed by atoms with Crippen LogP contribution in [0.1, 0.15) is 32.1 Å². The Morgan fingerprint density at radius 3 is 2.65 bits per heavy atom. The highest BCUT2D eigenvalue weighted by atomic mass is 19.1. The second-order valence-electron chi connectivity index (χ2n) is 12.1. The molecular formula is C35H35FN8O2. The number of anilines is 1. The summed E-state index contributed by atoms with van der Waals surface area (Å²) < 4.78 is 20.5. The number of nitrogens with zero attached hydrogens (tertiary/aromatic N) is 5. The Hall–Kier alpha value is -5.16. The molecule has 0 spiro atoms. The number of carbonyl (C=O) groups is 1. The monoisotopic (exact) mass is 618 g/mol. The van der Waals surface area contributed by atoms with Gasteiger partial charge in [0.15, 0.2) is 0 Å². The summed E-state index contributed by atoms with van der Waals surface area (Å²) >= 11 is 0. The first-order valence-corrected chi connectivity index (χ1v) is 15.6. The van der Waals surface area contributed by atoms with Gasteiger partial charge in [-0.2, -0.15) is 5.10 Å². The van der Waals surface area contributed by atoms with Crippen LogP contribution in [0.3, 0.4) is 0 Å². The molecular weight excluding hydrogens is 583 g/mol. The van der Waals surface area contributed by atoms with E-state index >= 15 is 0 Å². The third kappa shape index (κ3) is 6.18. The number of likely N-dealkylation sites (N-methyl/N-ethyl adjacent to an activating group) is 1. The second kappa shape index (κ2) is 12.7. The highest BCUT2D eigenvalue weighted by molar-refractivity contribution is 6.00. The molecule has 46 heavy (non-hydrogen) atoms. The van der Waals surface area contributed by atoms with Gasteiger partial charge >= 0.3 is 0 Å². The van der Waals surface area contributed by atoms with Gasteiger partial charge in [-0.3, -0.25) is 24.8 Å². The Labute approximate surface area is 265 Å². The van der Waals surface area contributed by atoms with Crippen molar-refractivity contribution in [2.75, 3.05) is 32.6 Å². The first-order chi connectivity index (χ1) is 22.4. The molecule has 0 unspecified atom stereocenters. The minimum Gasteiger partial charge on any atom is -0.492 e. The Kier molecular flexibility index (Phi) is 8.15. The number of amides is 1. The number of aromatic amines is 2. The summed E-state index contributed by atoms with van der Waals surface area (Å²) in [5.74, 6) is 0.171. The first kappa shape index (κ1) is 29.5. The molecule has 5 aromatic heterocycles. The highest BCUT2D eigenvalue weighted by Gasteiger charge is 2.22. The SMILES string of the molecule is CN(C)CCOc1cc(F)cc(-c2nccc3[nH]c(-c4n[nH]c5cnc(-c6cncc(NC(=O)C7CCCCC7)c6)cc45)cc23)c1. The van der Waals surface area contributed by atoms with E-state index in [0.717, 1.165) is 58.7 Å². The van der Waals surface area contributed by atoms with Crippen molar-refractivity contribution in [1.82, 2.24) is 35.0 Å². The molecule has 0 aliphatic heterocycles. The number of halogens is 1. The molecule has 5 heterocycles. The van der Waals surface area contributed by atoms with E-state index in [9.17, 15) is 9.18 Å². The van der Waals surface area contributed by atoms with E-state index in [4.69, 9.17) is 4.74 Å². The molecule has 1 fully saturated rings. The van der Waals surface area contributed by atoms with Crippen LogP contribution < -0.4 is 10.1 Å². The number of hydrogen-bond donors (Lipinski definition) is 3. The minimum atomic E-state index is -0.391. The number of aromatic nitrogens is 6. The highest BCUT2D eigenvalue weighted by Crippen LogP contribution is 2.35. The van der Waals surface area contributed by atoms with Crippen molar-refractivity contribution in [3.05, 3.63) is 73.1 Å². The van der Waals surface area contributed by atoms with Crippen LogP contribution in [0, 0.1) is 11.7 Å². The molecule has 7 rings (SSSR count). The third-order valence-electron chi connectivity index (χ3n) is 8.48. The van der Waals surface area contributed by atoms with Crippen molar-refractivity contribution >= 4 is 33.4 Å². The summed E-state index contributed by atoms with van der Waals surface area (Å²) in [6.07, 6.45) is 12.1. The van der Waals surface area contributed by atoms with Crippen LogP contribution in [-0.2, 0) is 4.79 Å². The second-order valence-corrected chi connectivity index (χ2v) is 12.1. The van der Waals surface area contributed by atoms with E-state index in [1.54, 1.807) is 24.8 Å². The molecule has 6 aromatic rings. The van der Waals surface area contributed by atoms with Gasteiger partial charge in [-0.25, -0.2) is 4.39 Å². The zero-order valence-electron chi connectivity index (χ0n) is 25.8. The molecule has 1 aliphatic rings. The van der Waals surface area contributed by atoms with E-state index in [2.05, 4.69) is 35.5 Å². The van der Waals surface area contributed by atoms with Crippen LogP contribution >= 0.6 is 0 Å². The molecule has 1 aliphatic carbocycles. The number of H-pyrrole nitrogens is 2. The van der Waals surface area contributed by atoms with E-state index < -0.39 is 5.82 Å². The molecule has 0 atom stereocenters. The largest absolute Gasteiger partial charge is 0.492 e. The number of carbonyl (C=O) groups excluding carboxylic acids is 1. The van der Waals surface area contributed by atoms with Crippen molar-refractivity contribution in [3.8, 4) is 39.7 Å². The van der Waals surface area contributed by atoms with Gasteiger partial charge in [-0.1, -0.05) is 19.3 Å². The lowest BCUT2D eigenvalue weighted by Gasteiger charge is -2.20. The van der Waals surface area contributed by atoms with E-state index in [0.29, 0.717) is 47.2 Å². The number of pyridine rings is 3. The topological polar surface area (TPSA) is 125 Å². The molecule has 1 aromatic carbocycles. The molecule has 1 amide bonds. The van der Waals surface area contributed by atoms with Crippen molar-refractivity contribution in [2.45, 2.75) is 32.1 Å². The van der Waals surface area contributed by atoms with Crippen LogP contribution in [-0.4, -0.2) is 68.2 Å². The maximum absolute atomic E-state index is 14.7. The summed E-state index contributed by atoms with van der Waals surface area (Å²) in [6.45, 7) is 1.16. The number of ether oxygens (including phenoxy) is 1. The van der Waals surface area contributed by atoms with Crippen molar-refractivity contribution in [2.24, 2.45) is 5.92 Å². The van der Waals surface area contributed by atoms with Crippen molar-refractivity contribution < 1.29 is 13.9 Å². The average molecular weight is 619 g/mol.